The summed E-state index contributed by atoms with van der Waals surface area (Å²) in [6.07, 6.45) is -0.686. The quantitative estimate of drug-likeness (QED) is 0.371. The van der Waals surface area contributed by atoms with Gasteiger partial charge in [-0.2, -0.15) is 0 Å². The predicted molar refractivity (Wildman–Crippen MR) is 124 cm³/mol. The minimum Gasteiger partial charge on any atom is -0.456 e. The first kappa shape index (κ1) is 18.2. The van der Waals surface area contributed by atoms with E-state index >= 15 is 0 Å². The molecule has 1 unspecified atom stereocenters. The number of ether oxygens (including phenoxy) is 1. The number of anilines is 3. The first-order valence-corrected chi connectivity index (χ1v) is 10.6. The average molecular weight is 405 g/mol. The van der Waals surface area contributed by atoms with E-state index in [1.165, 1.54) is 22.5 Å². The van der Waals surface area contributed by atoms with E-state index in [-0.39, 0.29) is 5.41 Å². The summed E-state index contributed by atoms with van der Waals surface area (Å²) in [5.41, 5.74) is 7.44. The molecule has 0 fully saturated rings. The molecular weight excluding hydrogens is 382 g/mol. The summed E-state index contributed by atoms with van der Waals surface area (Å²) in [5.74, 6) is 1.41. The topological polar surface area (TPSA) is 32.7 Å². The first-order valence-electron chi connectivity index (χ1n) is 10.6. The number of hydrogen-bond donors (Lipinski definition) is 1. The van der Waals surface area contributed by atoms with E-state index in [4.69, 9.17) is 4.74 Å². The minimum atomic E-state index is -0.686. The number of nitrogens with zero attached hydrogens (tertiary/aromatic N) is 1. The van der Waals surface area contributed by atoms with Gasteiger partial charge in [0, 0.05) is 28.3 Å². The fraction of sp³-hybridized carbons (Fsp3) is 0.143. The SMILES string of the molecule is CC1(C)c2ccccc2N(c2ccc3c(c2)Oc2ccccc2C3O)c2ccccc21. The fourth-order valence-electron chi connectivity index (χ4n) is 5.01. The van der Waals surface area contributed by atoms with E-state index < -0.39 is 6.10 Å². The van der Waals surface area contributed by atoms with Crippen LogP contribution in [0.15, 0.2) is 91.0 Å². The molecule has 2 aliphatic rings. The maximum atomic E-state index is 10.9. The Kier molecular flexibility index (Phi) is 3.80. The number of rotatable bonds is 1. The monoisotopic (exact) mass is 405 g/mol. The average Bonchev–Trinajstić information content (AvgIpc) is 2.79. The molecule has 0 aliphatic carbocycles. The van der Waals surface area contributed by atoms with Gasteiger partial charge in [-0.15, -0.1) is 0 Å². The lowest BCUT2D eigenvalue weighted by atomic mass is 9.73. The smallest absolute Gasteiger partial charge is 0.135 e. The van der Waals surface area contributed by atoms with Gasteiger partial charge in [0.1, 0.15) is 17.6 Å². The molecule has 0 aromatic heterocycles. The third kappa shape index (κ3) is 2.57. The van der Waals surface area contributed by atoms with Crippen LogP contribution in [0.3, 0.4) is 0 Å². The molecule has 0 saturated heterocycles. The van der Waals surface area contributed by atoms with Crippen LogP contribution in [0.1, 0.15) is 42.2 Å². The summed E-state index contributed by atoms with van der Waals surface area (Å²) in [5, 5.41) is 10.9. The second-order valence-electron chi connectivity index (χ2n) is 8.76. The van der Waals surface area contributed by atoms with Crippen LogP contribution in [0.4, 0.5) is 17.1 Å². The molecule has 0 spiro atoms. The van der Waals surface area contributed by atoms with Gasteiger partial charge in [-0.25, -0.2) is 0 Å². The Morgan fingerprint density at radius 3 is 2.00 bits per heavy atom. The van der Waals surface area contributed by atoms with Crippen LogP contribution in [0.25, 0.3) is 0 Å². The normalized spacial score (nSPS) is 17.6. The van der Waals surface area contributed by atoms with Crippen molar-refractivity contribution < 1.29 is 9.84 Å². The van der Waals surface area contributed by atoms with E-state index in [1.807, 2.05) is 36.4 Å². The van der Waals surface area contributed by atoms with Crippen LogP contribution in [-0.2, 0) is 5.41 Å². The number of para-hydroxylation sites is 3. The summed E-state index contributed by atoms with van der Waals surface area (Å²) in [4.78, 5) is 2.30. The summed E-state index contributed by atoms with van der Waals surface area (Å²) in [7, 11) is 0. The van der Waals surface area contributed by atoms with E-state index in [1.54, 1.807) is 0 Å². The molecule has 2 aliphatic heterocycles. The second kappa shape index (κ2) is 6.47. The maximum Gasteiger partial charge on any atom is 0.135 e. The van der Waals surface area contributed by atoms with Crippen molar-refractivity contribution in [1.82, 2.24) is 0 Å². The lowest BCUT2D eigenvalue weighted by Crippen LogP contribution is -2.30. The summed E-state index contributed by atoms with van der Waals surface area (Å²) >= 11 is 0. The highest BCUT2D eigenvalue weighted by atomic mass is 16.5. The molecule has 2 heterocycles. The van der Waals surface area contributed by atoms with Crippen molar-refractivity contribution in [2.75, 3.05) is 4.90 Å². The van der Waals surface area contributed by atoms with Gasteiger partial charge in [-0.3, -0.25) is 0 Å². The molecule has 3 nitrogen and oxygen atoms in total. The molecule has 4 aromatic carbocycles. The van der Waals surface area contributed by atoms with Crippen molar-refractivity contribution in [3.63, 3.8) is 0 Å². The van der Waals surface area contributed by atoms with Crippen molar-refractivity contribution in [3.05, 3.63) is 113 Å². The van der Waals surface area contributed by atoms with Crippen molar-refractivity contribution in [3.8, 4) is 11.5 Å². The zero-order valence-electron chi connectivity index (χ0n) is 17.5. The zero-order valence-corrected chi connectivity index (χ0v) is 17.5. The Balaban J connectivity index is 1.54. The third-order valence-electron chi connectivity index (χ3n) is 6.62. The Morgan fingerprint density at radius 2 is 1.29 bits per heavy atom. The number of fused-ring (bicyclic) bond motifs is 4. The number of aliphatic hydroxyl groups excluding tert-OH is 1. The van der Waals surface area contributed by atoms with E-state index in [0.717, 1.165) is 16.8 Å². The second-order valence-corrected chi connectivity index (χ2v) is 8.76. The maximum absolute atomic E-state index is 10.9. The largest absolute Gasteiger partial charge is 0.456 e. The van der Waals surface area contributed by atoms with E-state index in [0.29, 0.717) is 11.5 Å². The van der Waals surface area contributed by atoms with Crippen molar-refractivity contribution in [2.24, 2.45) is 0 Å². The van der Waals surface area contributed by atoms with E-state index in [9.17, 15) is 5.11 Å². The Labute approximate surface area is 182 Å². The molecule has 1 N–H and O–H groups in total. The molecule has 0 bridgehead atoms. The molecule has 3 heteroatoms. The Hall–Kier alpha value is -3.56. The van der Waals surface area contributed by atoms with Crippen LogP contribution in [0.5, 0.6) is 11.5 Å². The number of hydrogen-bond acceptors (Lipinski definition) is 3. The van der Waals surface area contributed by atoms with Gasteiger partial charge in [0.15, 0.2) is 0 Å². The van der Waals surface area contributed by atoms with Crippen LogP contribution in [0, 0.1) is 0 Å². The van der Waals surface area contributed by atoms with Gasteiger partial charge in [-0.05, 0) is 35.4 Å². The summed E-state index contributed by atoms with van der Waals surface area (Å²) < 4.78 is 6.21. The first-order chi connectivity index (χ1) is 15.1. The highest BCUT2D eigenvalue weighted by Crippen LogP contribution is 2.53. The zero-order chi connectivity index (χ0) is 21.2. The highest BCUT2D eigenvalue weighted by Gasteiger charge is 2.37. The van der Waals surface area contributed by atoms with E-state index in [2.05, 4.69) is 73.3 Å². The molecule has 0 radical (unpaired) electrons. The Morgan fingerprint density at radius 1 is 0.710 bits per heavy atom. The van der Waals surface area contributed by atoms with Crippen molar-refractivity contribution >= 4 is 17.1 Å². The van der Waals surface area contributed by atoms with Gasteiger partial charge < -0.3 is 14.7 Å². The van der Waals surface area contributed by atoms with Crippen LogP contribution < -0.4 is 9.64 Å². The number of aliphatic hydroxyl groups is 1. The molecule has 4 aromatic rings. The standard InChI is InChI=1S/C28H23NO2/c1-28(2)21-10-4-6-12-23(21)29(24-13-7-5-11-22(24)28)18-15-16-20-26(17-18)31-25-14-8-3-9-19(25)27(20)30/h3-17,27,30H,1-2H3. The highest BCUT2D eigenvalue weighted by molar-refractivity contribution is 5.86. The molecule has 0 saturated carbocycles. The third-order valence-corrected chi connectivity index (χ3v) is 6.62. The van der Waals surface area contributed by atoms with Crippen LogP contribution >= 0.6 is 0 Å². The summed E-state index contributed by atoms with van der Waals surface area (Å²) in [6, 6.07) is 30.9. The molecular formula is C28H23NO2. The van der Waals surface area contributed by atoms with Crippen molar-refractivity contribution in [1.29, 1.82) is 0 Å². The minimum absolute atomic E-state index is 0.0937. The number of benzene rings is 4. The van der Waals surface area contributed by atoms with Gasteiger partial charge >= 0.3 is 0 Å². The van der Waals surface area contributed by atoms with Gasteiger partial charge in [0.2, 0.25) is 0 Å². The lowest BCUT2D eigenvalue weighted by Gasteiger charge is -2.42. The molecule has 31 heavy (non-hydrogen) atoms. The molecule has 152 valence electrons. The molecule has 1 atom stereocenters. The lowest BCUT2D eigenvalue weighted by molar-refractivity contribution is 0.203. The summed E-state index contributed by atoms with van der Waals surface area (Å²) in [6.45, 7) is 4.57. The Bertz CT molecular complexity index is 1270. The molecule has 0 amide bonds. The fourth-order valence-corrected chi connectivity index (χ4v) is 5.01. The van der Waals surface area contributed by atoms with Gasteiger partial charge in [0.25, 0.3) is 0 Å². The predicted octanol–water partition coefficient (Wildman–Crippen LogP) is 6.98. The van der Waals surface area contributed by atoms with Crippen molar-refractivity contribution in [2.45, 2.75) is 25.4 Å². The van der Waals surface area contributed by atoms with Crippen LogP contribution in [0.2, 0.25) is 0 Å². The van der Waals surface area contributed by atoms with Gasteiger partial charge in [0.05, 0.1) is 11.4 Å². The van der Waals surface area contributed by atoms with Crippen LogP contribution in [-0.4, -0.2) is 5.11 Å². The van der Waals surface area contributed by atoms with Gasteiger partial charge in [-0.1, -0.05) is 74.5 Å². The molecule has 6 rings (SSSR count).